The first-order valence-corrected chi connectivity index (χ1v) is 7.62. The molecule has 3 heteroatoms. The number of rotatable bonds is 4. The highest BCUT2D eigenvalue weighted by atomic mass is 35.5. The van der Waals surface area contributed by atoms with Crippen LogP contribution in [0.5, 0.6) is 0 Å². The average Bonchev–Trinajstić information content (AvgIpc) is 2.45. The van der Waals surface area contributed by atoms with E-state index in [0.29, 0.717) is 6.04 Å². The molecule has 21 heavy (non-hydrogen) atoms. The monoisotopic (exact) mass is 321 g/mol. The number of halogens is 2. The summed E-state index contributed by atoms with van der Waals surface area (Å²) in [7, 11) is 2.06. The molecule has 3 rings (SSSR count). The van der Waals surface area contributed by atoms with Crippen molar-refractivity contribution in [2.75, 3.05) is 7.05 Å². The van der Waals surface area contributed by atoms with Crippen LogP contribution in [0.25, 0.3) is 0 Å². The Balaban J connectivity index is 0.00000161. The van der Waals surface area contributed by atoms with Gasteiger partial charge in [-0.3, -0.25) is 0 Å². The first-order chi connectivity index (χ1) is 9.76. The molecule has 0 aromatic heterocycles. The Morgan fingerprint density at radius 1 is 1.00 bits per heavy atom. The molecule has 0 amide bonds. The van der Waals surface area contributed by atoms with Gasteiger partial charge in [0.15, 0.2) is 0 Å². The maximum absolute atomic E-state index is 6.04. The zero-order valence-corrected chi connectivity index (χ0v) is 13.8. The zero-order valence-electron chi connectivity index (χ0n) is 12.2. The molecule has 1 nitrogen and oxygen atoms in total. The summed E-state index contributed by atoms with van der Waals surface area (Å²) in [4.78, 5) is 0. The Bertz CT molecular complexity index is 562. The summed E-state index contributed by atoms with van der Waals surface area (Å²) in [5.41, 5.74) is 2.97. The molecule has 1 aliphatic rings. The quantitative estimate of drug-likeness (QED) is 0.821. The fraction of sp³-hybridized carbons (Fsp3) is 0.333. The second-order valence-electron chi connectivity index (χ2n) is 5.65. The Kier molecular flexibility index (Phi) is 5.32. The van der Waals surface area contributed by atoms with Gasteiger partial charge in [-0.25, -0.2) is 0 Å². The summed E-state index contributed by atoms with van der Waals surface area (Å²) in [6.45, 7) is 0. The number of hydrogen-bond donors (Lipinski definition) is 1. The van der Waals surface area contributed by atoms with Crippen molar-refractivity contribution in [1.82, 2.24) is 5.32 Å². The molecule has 1 saturated carbocycles. The molecule has 0 bridgehead atoms. The standard InChI is InChI=1S/C18H20ClN.ClH/c1-20-17(14-6-3-2-4-7-14)18(12-5-13-18)15-8-10-16(19)11-9-15;/h2-4,6-11,17,20H,5,12-13H2,1H3;1H. The van der Waals surface area contributed by atoms with Gasteiger partial charge in [0.1, 0.15) is 0 Å². The second-order valence-corrected chi connectivity index (χ2v) is 6.09. The van der Waals surface area contributed by atoms with E-state index in [2.05, 4.69) is 54.8 Å². The summed E-state index contributed by atoms with van der Waals surface area (Å²) in [5.74, 6) is 0. The van der Waals surface area contributed by atoms with E-state index in [1.165, 1.54) is 30.4 Å². The molecule has 1 N–H and O–H groups in total. The van der Waals surface area contributed by atoms with E-state index in [1.807, 2.05) is 12.1 Å². The van der Waals surface area contributed by atoms with Crippen molar-refractivity contribution < 1.29 is 0 Å². The van der Waals surface area contributed by atoms with Crippen LogP contribution >= 0.6 is 24.0 Å². The molecule has 1 fully saturated rings. The lowest BCUT2D eigenvalue weighted by atomic mass is 9.59. The van der Waals surface area contributed by atoms with Gasteiger partial charge in [0.2, 0.25) is 0 Å². The Hall–Kier alpha value is -1.02. The largest absolute Gasteiger partial charge is 0.312 e. The van der Waals surface area contributed by atoms with E-state index in [-0.39, 0.29) is 17.8 Å². The van der Waals surface area contributed by atoms with Crippen molar-refractivity contribution >= 4 is 24.0 Å². The van der Waals surface area contributed by atoms with Gasteiger partial charge in [0, 0.05) is 16.5 Å². The van der Waals surface area contributed by atoms with E-state index in [9.17, 15) is 0 Å². The molecular formula is C18H21Cl2N. The maximum atomic E-state index is 6.04. The molecule has 1 atom stereocenters. The molecule has 0 spiro atoms. The van der Waals surface area contributed by atoms with Crippen LogP contribution in [0.4, 0.5) is 0 Å². The lowest BCUT2D eigenvalue weighted by Crippen LogP contribution is -2.45. The van der Waals surface area contributed by atoms with Gasteiger partial charge < -0.3 is 5.32 Å². The summed E-state index contributed by atoms with van der Waals surface area (Å²) in [6.07, 6.45) is 3.76. The normalized spacial score (nSPS) is 17.4. The summed E-state index contributed by atoms with van der Waals surface area (Å²) in [5, 5.41) is 4.35. The van der Waals surface area contributed by atoms with Gasteiger partial charge in [-0.05, 0) is 43.1 Å². The smallest absolute Gasteiger partial charge is 0.0415 e. The number of benzene rings is 2. The predicted octanol–water partition coefficient (Wildman–Crippen LogP) is 5.14. The van der Waals surface area contributed by atoms with Gasteiger partial charge in [-0.2, -0.15) is 0 Å². The van der Waals surface area contributed by atoms with Crippen molar-refractivity contribution in [2.45, 2.75) is 30.7 Å². The summed E-state index contributed by atoms with van der Waals surface area (Å²) >= 11 is 6.04. The average molecular weight is 322 g/mol. The second kappa shape index (κ2) is 6.83. The van der Waals surface area contributed by atoms with E-state index < -0.39 is 0 Å². The van der Waals surface area contributed by atoms with E-state index >= 15 is 0 Å². The minimum atomic E-state index is 0. The van der Waals surface area contributed by atoms with Crippen LogP contribution in [0.3, 0.4) is 0 Å². The van der Waals surface area contributed by atoms with Crippen LogP contribution in [0.1, 0.15) is 36.4 Å². The lowest BCUT2D eigenvalue weighted by molar-refractivity contribution is 0.176. The number of hydrogen-bond acceptors (Lipinski definition) is 1. The number of nitrogens with one attached hydrogen (secondary N) is 1. The predicted molar refractivity (Wildman–Crippen MR) is 92.5 cm³/mol. The first-order valence-electron chi connectivity index (χ1n) is 7.24. The first kappa shape index (κ1) is 16.4. The highest BCUT2D eigenvalue weighted by Gasteiger charge is 2.45. The van der Waals surface area contributed by atoms with Crippen LogP contribution in [0.15, 0.2) is 54.6 Å². The van der Waals surface area contributed by atoms with Crippen molar-refractivity contribution in [1.29, 1.82) is 0 Å². The fourth-order valence-electron chi connectivity index (χ4n) is 3.49. The molecule has 0 radical (unpaired) electrons. The molecular weight excluding hydrogens is 301 g/mol. The third kappa shape index (κ3) is 2.96. The van der Waals surface area contributed by atoms with Gasteiger partial charge in [0.05, 0.1) is 0 Å². The van der Waals surface area contributed by atoms with Gasteiger partial charge in [0.25, 0.3) is 0 Å². The van der Waals surface area contributed by atoms with Crippen LogP contribution in [-0.4, -0.2) is 7.05 Å². The molecule has 112 valence electrons. The van der Waals surface area contributed by atoms with Crippen molar-refractivity contribution in [3.05, 3.63) is 70.7 Å². The maximum Gasteiger partial charge on any atom is 0.0415 e. The molecule has 0 saturated heterocycles. The Morgan fingerprint density at radius 2 is 1.62 bits per heavy atom. The van der Waals surface area contributed by atoms with E-state index in [4.69, 9.17) is 11.6 Å². The van der Waals surface area contributed by atoms with Crippen LogP contribution < -0.4 is 5.32 Å². The highest BCUT2D eigenvalue weighted by molar-refractivity contribution is 6.30. The van der Waals surface area contributed by atoms with Crippen LogP contribution in [0, 0.1) is 0 Å². The third-order valence-corrected chi connectivity index (χ3v) is 4.89. The molecule has 2 aromatic carbocycles. The fourth-order valence-corrected chi connectivity index (χ4v) is 3.62. The summed E-state index contributed by atoms with van der Waals surface area (Å²) < 4.78 is 0. The summed E-state index contributed by atoms with van der Waals surface area (Å²) in [6, 6.07) is 19.5. The third-order valence-electron chi connectivity index (χ3n) is 4.64. The molecule has 0 aliphatic heterocycles. The minimum absolute atomic E-state index is 0. The number of likely N-dealkylation sites (N-methyl/N-ethyl adjacent to an activating group) is 1. The van der Waals surface area contributed by atoms with Gasteiger partial charge in [-0.15, -0.1) is 12.4 Å². The van der Waals surface area contributed by atoms with Crippen LogP contribution in [-0.2, 0) is 5.41 Å². The molecule has 2 aromatic rings. The van der Waals surface area contributed by atoms with E-state index in [1.54, 1.807) is 0 Å². The SMILES string of the molecule is CNC(c1ccccc1)C1(c2ccc(Cl)cc2)CCC1.Cl. The van der Waals surface area contributed by atoms with E-state index in [0.717, 1.165) is 5.02 Å². The molecule has 0 heterocycles. The lowest BCUT2D eigenvalue weighted by Gasteiger charge is -2.48. The molecule has 1 aliphatic carbocycles. The van der Waals surface area contributed by atoms with Crippen LogP contribution in [0.2, 0.25) is 5.02 Å². The highest BCUT2D eigenvalue weighted by Crippen LogP contribution is 2.52. The van der Waals surface area contributed by atoms with Crippen molar-refractivity contribution in [3.63, 3.8) is 0 Å². The van der Waals surface area contributed by atoms with Crippen molar-refractivity contribution in [3.8, 4) is 0 Å². The molecule has 1 unspecified atom stereocenters. The Morgan fingerprint density at radius 3 is 2.10 bits per heavy atom. The zero-order chi connectivity index (χ0) is 14.0. The van der Waals surface area contributed by atoms with Gasteiger partial charge >= 0.3 is 0 Å². The van der Waals surface area contributed by atoms with Gasteiger partial charge in [-0.1, -0.05) is 60.5 Å². The minimum Gasteiger partial charge on any atom is -0.312 e. The Labute approximate surface area is 138 Å². The topological polar surface area (TPSA) is 12.0 Å². The van der Waals surface area contributed by atoms with Crippen molar-refractivity contribution in [2.24, 2.45) is 0 Å².